The monoisotopic (exact) mass is 669 g/mol. The van der Waals surface area contributed by atoms with Crippen molar-refractivity contribution in [3.05, 3.63) is 58.1 Å². The predicted molar refractivity (Wildman–Crippen MR) is 172 cm³/mol. The molecule has 1 aromatic carbocycles. The van der Waals surface area contributed by atoms with Gasteiger partial charge in [-0.15, -0.1) is 5.10 Å². The molecule has 0 fully saturated rings. The second-order valence-corrected chi connectivity index (χ2v) is 25.4. The van der Waals surface area contributed by atoms with E-state index in [9.17, 15) is 4.79 Å². The lowest BCUT2D eigenvalue weighted by atomic mass is 10.2. The number of imidazole rings is 1. The molecule has 4 heterocycles. The molecule has 0 spiro atoms. The van der Waals surface area contributed by atoms with Crippen LogP contribution in [0.15, 0.2) is 41.0 Å². The number of benzene rings is 1. The van der Waals surface area contributed by atoms with Crippen LogP contribution in [0.4, 0.5) is 0 Å². The largest absolute Gasteiger partial charge is 0.361 e. The normalized spacial score (nSPS) is 13.7. The van der Waals surface area contributed by atoms with Gasteiger partial charge in [-0.2, -0.15) is 10.2 Å². The molecule has 10 nitrogen and oxygen atoms in total. The summed E-state index contributed by atoms with van der Waals surface area (Å²) in [6, 6.07) is 11.7. The number of hydrogen-bond acceptors (Lipinski definition) is 7. The van der Waals surface area contributed by atoms with Crippen molar-refractivity contribution in [3.8, 4) is 11.5 Å². The van der Waals surface area contributed by atoms with Gasteiger partial charge in [0.2, 0.25) is 0 Å². The van der Waals surface area contributed by atoms with E-state index in [1.165, 1.54) is 0 Å². The average Bonchev–Trinajstić information content (AvgIpc) is 3.59. The van der Waals surface area contributed by atoms with E-state index in [2.05, 4.69) is 82.1 Å². The van der Waals surface area contributed by atoms with Gasteiger partial charge >= 0.3 is 0 Å². The number of carbonyl (C=O) groups is 1. The summed E-state index contributed by atoms with van der Waals surface area (Å²) in [5.74, 6) is 0.580. The minimum Gasteiger partial charge on any atom is -0.361 e. The van der Waals surface area contributed by atoms with Gasteiger partial charge in [-0.05, 0) is 42.4 Å². The third-order valence-electron chi connectivity index (χ3n) is 7.27. The third kappa shape index (κ3) is 7.25. The van der Waals surface area contributed by atoms with Crippen LogP contribution < -0.4 is 0 Å². The highest BCUT2D eigenvalue weighted by Crippen LogP contribution is 2.34. The Labute approximate surface area is 257 Å². The first kappa shape index (κ1) is 30.7. The smallest absolute Gasteiger partial charge is 0.275 e. The van der Waals surface area contributed by atoms with Gasteiger partial charge in [0.1, 0.15) is 19.2 Å². The van der Waals surface area contributed by atoms with E-state index in [-0.39, 0.29) is 5.91 Å². The highest BCUT2D eigenvalue weighted by atomic mass is 79.9. The summed E-state index contributed by atoms with van der Waals surface area (Å²) in [6.45, 7) is 17.0. The SMILES string of the molecule is C[Si](C)(C)CCOCn1c(-c2nn(COCC[Si](C)(C)C)c3cc(Br)ccc23)nc2c1CN(C(=O)c1cccnn1)C2. The van der Waals surface area contributed by atoms with Crippen LogP contribution in [0.3, 0.4) is 0 Å². The molecule has 0 saturated carbocycles. The number of hydrogen-bond donors (Lipinski definition) is 0. The molecule has 1 aliphatic rings. The Morgan fingerprint density at radius 1 is 0.976 bits per heavy atom. The first-order valence-corrected chi connectivity index (χ1v) is 22.6. The van der Waals surface area contributed by atoms with Crippen LogP contribution in [-0.4, -0.2) is 69.7 Å². The van der Waals surface area contributed by atoms with E-state index in [4.69, 9.17) is 19.6 Å². The molecule has 3 aromatic heterocycles. The Bertz CT molecular complexity index is 1560. The molecule has 0 N–H and O–H groups in total. The number of halogens is 1. The Morgan fingerprint density at radius 2 is 1.69 bits per heavy atom. The van der Waals surface area contributed by atoms with E-state index < -0.39 is 16.1 Å². The molecule has 42 heavy (non-hydrogen) atoms. The van der Waals surface area contributed by atoms with E-state index in [0.717, 1.165) is 50.4 Å². The Kier molecular flexibility index (Phi) is 9.14. The second-order valence-electron chi connectivity index (χ2n) is 13.2. The van der Waals surface area contributed by atoms with Gasteiger partial charge in [-0.25, -0.2) is 9.67 Å². The maximum atomic E-state index is 13.2. The Hall–Kier alpha value is -2.72. The predicted octanol–water partition coefficient (Wildman–Crippen LogP) is 6.23. The minimum atomic E-state index is -1.25. The zero-order valence-electron chi connectivity index (χ0n) is 25.4. The van der Waals surface area contributed by atoms with Crippen molar-refractivity contribution in [1.29, 1.82) is 0 Å². The molecule has 1 amide bonds. The summed E-state index contributed by atoms with van der Waals surface area (Å²) in [7, 11) is -2.45. The zero-order chi connectivity index (χ0) is 30.1. The molecule has 4 aromatic rings. The number of ether oxygens (including phenoxy) is 2. The van der Waals surface area contributed by atoms with E-state index in [1.807, 2.05) is 10.7 Å². The van der Waals surface area contributed by atoms with Gasteiger partial charge in [0.15, 0.2) is 11.5 Å². The van der Waals surface area contributed by atoms with Crippen LogP contribution in [0.5, 0.6) is 0 Å². The number of carbonyl (C=O) groups excluding carboxylic acids is 1. The second kappa shape index (κ2) is 12.5. The first-order chi connectivity index (χ1) is 19.9. The maximum absolute atomic E-state index is 13.2. The molecule has 224 valence electrons. The molecule has 0 atom stereocenters. The fourth-order valence-corrected chi connectivity index (χ4v) is 6.63. The number of nitrogens with zero attached hydrogens (tertiary/aromatic N) is 7. The highest BCUT2D eigenvalue weighted by molar-refractivity contribution is 9.10. The molecule has 13 heteroatoms. The van der Waals surface area contributed by atoms with Crippen LogP contribution in [0.25, 0.3) is 22.4 Å². The van der Waals surface area contributed by atoms with Gasteiger partial charge in [-0.3, -0.25) is 4.79 Å². The summed E-state index contributed by atoms with van der Waals surface area (Å²) < 4.78 is 17.3. The topological polar surface area (TPSA) is 100 Å². The van der Waals surface area contributed by atoms with Gasteiger partial charge in [0.25, 0.3) is 5.91 Å². The maximum Gasteiger partial charge on any atom is 0.275 e. The third-order valence-corrected chi connectivity index (χ3v) is 11.2. The Morgan fingerprint density at radius 3 is 2.36 bits per heavy atom. The lowest BCUT2D eigenvalue weighted by Gasteiger charge is -2.18. The highest BCUT2D eigenvalue weighted by Gasteiger charge is 2.33. The van der Waals surface area contributed by atoms with Crippen molar-refractivity contribution in [2.24, 2.45) is 0 Å². The molecule has 0 saturated heterocycles. The quantitative estimate of drug-likeness (QED) is 0.130. The van der Waals surface area contributed by atoms with E-state index in [0.29, 0.717) is 45.5 Å². The lowest BCUT2D eigenvalue weighted by molar-refractivity contribution is 0.0717. The van der Waals surface area contributed by atoms with Gasteiger partial charge < -0.3 is 18.9 Å². The van der Waals surface area contributed by atoms with Crippen LogP contribution >= 0.6 is 15.9 Å². The molecule has 0 aliphatic carbocycles. The minimum absolute atomic E-state index is 0.163. The fourth-order valence-electron chi connectivity index (χ4n) is 4.77. The van der Waals surface area contributed by atoms with Crippen molar-refractivity contribution in [2.75, 3.05) is 13.2 Å². The molecule has 5 rings (SSSR count). The molecule has 0 radical (unpaired) electrons. The molecular weight excluding hydrogens is 630 g/mol. The van der Waals surface area contributed by atoms with Crippen molar-refractivity contribution in [1.82, 2.24) is 34.4 Å². The fraction of sp³-hybridized carbons (Fsp3) is 0.483. The number of aromatic nitrogens is 6. The summed E-state index contributed by atoms with van der Waals surface area (Å²) >= 11 is 3.63. The van der Waals surface area contributed by atoms with Crippen molar-refractivity contribution in [3.63, 3.8) is 0 Å². The Balaban J connectivity index is 1.47. The summed E-state index contributed by atoms with van der Waals surface area (Å²) in [5, 5.41) is 13.9. The lowest BCUT2D eigenvalue weighted by Crippen LogP contribution is -2.27. The number of fused-ring (bicyclic) bond motifs is 2. The molecule has 0 unspecified atom stereocenters. The number of amides is 1. The van der Waals surface area contributed by atoms with Gasteiger partial charge in [0.05, 0.1) is 30.0 Å². The average molecular weight is 671 g/mol. The van der Waals surface area contributed by atoms with Crippen LogP contribution in [-0.2, 0) is 36.0 Å². The van der Waals surface area contributed by atoms with Crippen molar-refractivity contribution >= 4 is 48.9 Å². The summed E-state index contributed by atoms with van der Waals surface area (Å²) in [5.41, 5.74) is 3.89. The van der Waals surface area contributed by atoms with Crippen LogP contribution in [0.1, 0.15) is 21.9 Å². The first-order valence-electron chi connectivity index (χ1n) is 14.4. The standard InChI is InChI=1S/C29H40BrN7O3Si2/c1-41(2,3)14-12-39-19-36-26-18-35(29(38)23-8-7-11-31-33-23)17-24(26)32-28(36)27-22-10-9-21(30)16-25(22)37(34-27)20-40-13-15-42(4,5)6/h7-11,16H,12-15,17-20H2,1-6H3. The summed E-state index contributed by atoms with van der Waals surface area (Å²) in [6.07, 6.45) is 1.56. The molecule has 1 aliphatic heterocycles. The number of rotatable bonds is 12. The van der Waals surface area contributed by atoms with Crippen molar-refractivity contribution < 1.29 is 14.3 Å². The zero-order valence-corrected chi connectivity index (χ0v) is 28.9. The van der Waals surface area contributed by atoms with E-state index >= 15 is 0 Å². The van der Waals surface area contributed by atoms with Crippen LogP contribution in [0, 0.1) is 0 Å². The van der Waals surface area contributed by atoms with Crippen LogP contribution in [0.2, 0.25) is 51.4 Å². The van der Waals surface area contributed by atoms with Gasteiger partial charge in [-0.1, -0.05) is 55.2 Å². The van der Waals surface area contributed by atoms with Crippen molar-refractivity contribution in [2.45, 2.75) is 77.9 Å². The summed E-state index contributed by atoms with van der Waals surface area (Å²) in [4.78, 5) is 20.0. The molecule has 0 bridgehead atoms. The van der Waals surface area contributed by atoms with E-state index in [1.54, 1.807) is 23.2 Å². The molecular formula is C29H40BrN7O3Si2. The van der Waals surface area contributed by atoms with Gasteiger partial charge in [0, 0.05) is 45.4 Å².